The number of hydrogen-bond donors (Lipinski definition) is 6. The first-order chi connectivity index (χ1) is 13.2. The Morgan fingerprint density at radius 1 is 0.964 bits per heavy atom. The Balaban J connectivity index is 2.77. The Hall–Kier alpha value is -3.47. The molecule has 11 heteroatoms. The monoisotopic (exact) mass is 393 g/mol. The third-order valence-electron chi connectivity index (χ3n) is 3.59. The van der Waals surface area contributed by atoms with Gasteiger partial charge in [0.05, 0.1) is 19.5 Å². The van der Waals surface area contributed by atoms with Gasteiger partial charge in [0.1, 0.15) is 12.1 Å². The van der Waals surface area contributed by atoms with Crippen LogP contribution in [0.15, 0.2) is 30.3 Å². The van der Waals surface area contributed by atoms with Crippen molar-refractivity contribution < 1.29 is 29.1 Å². The molecule has 152 valence electrons. The maximum atomic E-state index is 12.4. The maximum absolute atomic E-state index is 12.4. The summed E-state index contributed by atoms with van der Waals surface area (Å²) < 4.78 is 0. The summed E-state index contributed by atoms with van der Waals surface area (Å²) in [4.78, 5) is 58.0. The van der Waals surface area contributed by atoms with Crippen LogP contribution in [-0.4, -0.2) is 59.9 Å². The normalized spacial score (nSPS) is 12.3. The van der Waals surface area contributed by atoms with E-state index in [1.165, 1.54) is 0 Å². The fourth-order valence-corrected chi connectivity index (χ4v) is 2.23. The van der Waals surface area contributed by atoms with Gasteiger partial charge in [-0.05, 0) is 5.56 Å². The second-order valence-electron chi connectivity index (χ2n) is 5.86. The highest BCUT2D eigenvalue weighted by molar-refractivity contribution is 5.94. The molecule has 1 rings (SSSR count). The van der Waals surface area contributed by atoms with Gasteiger partial charge in [-0.3, -0.25) is 19.2 Å². The van der Waals surface area contributed by atoms with Crippen LogP contribution < -0.4 is 27.4 Å². The van der Waals surface area contributed by atoms with Crippen LogP contribution in [0.1, 0.15) is 12.0 Å². The standard InChI is InChI=1S/C17H23N5O6/c18-8-14(24)20-9-15(25)21-11(7-13(19)23)16(26)22-12(17(27)28)6-10-4-2-1-3-5-10/h1-5,11-12H,6-9,18H2,(H2,19,23)(H,20,24)(H,21,25)(H,22,26)(H,27,28)/t11-,12-/m0/s1. The largest absolute Gasteiger partial charge is 0.480 e. The number of benzene rings is 1. The van der Waals surface area contributed by atoms with Crippen molar-refractivity contribution in [1.82, 2.24) is 16.0 Å². The molecule has 0 saturated heterocycles. The maximum Gasteiger partial charge on any atom is 0.326 e. The fraction of sp³-hybridized carbons (Fsp3) is 0.353. The van der Waals surface area contributed by atoms with E-state index >= 15 is 0 Å². The molecule has 2 atom stereocenters. The van der Waals surface area contributed by atoms with Gasteiger partial charge in [0, 0.05) is 6.42 Å². The summed E-state index contributed by atoms with van der Waals surface area (Å²) in [6, 6.07) is 5.94. The summed E-state index contributed by atoms with van der Waals surface area (Å²) in [6.07, 6.45) is -0.536. The lowest BCUT2D eigenvalue weighted by molar-refractivity contribution is -0.142. The summed E-state index contributed by atoms with van der Waals surface area (Å²) >= 11 is 0. The Morgan fingerprint density at radius 3 is 2.14 bits per heavy atom. The van der Waals surface area contributed by atoms with Crippen molar-refractivity contribution in [3.05, 3.63) is 35.9 Å². The van der Waals surface area contributed by atoms with Gasteiger partial charge in [0.2, 0.25) is 23.6 Å². The minimum atomic E-state index is -1.39. The van der Waals surface area contributed by atoms with Gasteiger partial charge in [-0.1, -0.05) is 30.3 Å². The van der Waals surface area contributed by atoms with Crippen molar-refractivity contribution in [2.24, 2.45) is 11.5 Å². The molecular formula is C17H23N5O6. The van der Waals surface area contributed by atoms with Crippen LogP contribution in [0.2, 0.25) is 0 Å². The lowest BCUT2D eigenvalue weighted by atomic mass is 10.1. The molecule has 0 aliphatic carbocycles. The van der Waals surface area contributed by atoms with Crippen LogP contribution in [0.25, 0.3) is 0 Å². The molecule has 0 unspecified atom stereocenters. The van der Waals surface area contributed by atoms with Crippen LogP contribution in [0.5, 0.6) is 0 Å². The van der Waals surface area contributed by atoms with Crippen LogP contribution in [0.4, 0.5) is 0 Å². The van der Waals surface area contributed by atoms with Crippen molar-refractivity contribution in [1.29, 1.82) is 0 Å². The van der Waals surface area contributed by atoms with Gasteiger partial charge < -0.3 is 32.5 Å². The van der Waals surface area contributed by atoms with E-state index in [0.29, 0.717) is 5.56 Å². The van der Waals surface area contributed by atoms with Crippen LogP contribution in [0, 0.1) is 0 Å². The average molecular weight is 393 g/mol. The lowest BCUT2D eigenvalue weighted by Gasteiger charge is -2.21. The van der Waals surface area contributed by atoms with E-state index < -0.39 is 54.6 Å². The minimum absolute atomic E-state index is 0.00566. The van der Waals surface area contributed by atoms with Crippen molar-refractivity contribution in [2.75, 3.05) is 13.1 Å². The molecule has 11 nitrogen and oxygen atoms in total. The highest BCUT2D eigenvalue weighted by Gasteiger charge is 2.28. The molecule has 0 aliphatic heterocycles. The first-order valence-corrected chi connectivity index (χ1v) is 8.34. The molecular weight excluding hydrogens is 370 g/mol. The predicted molar refractivity (Wildman–Crippen MR) is 97.5 cm³/mol. The minimum Gasteiger partial charge on any atom is -0.480 e. The predicted octanol–water partition coefficient (Wildman–Crippen LogP) is -2.77. The lowest BCUT2D eigenvalue weighted by Crippen LogP contribution is -2.54. The number of rotatable bonds is 11. The Morgan fingerprint density at radius 2 is 1.61 bits per heavy atom. The first kappa shape index (κ1) is 22.6. The fourth-order valence-electron chi connectivity index (χ4n) is 2.23. The van der Waals surface area contributed by atoms with Gasteiger partial charge in [0.25, 0.3) is 0 Å². The number of nitrogens with two attached hydrogens (primary N) is 2. The van der Waals surface area contributed by atoms with Crippen molar-refractivity contribution >= 4 is 29.6 Å². The van der Waals surface area contributed by atoms with E-state index in [9.17, 15) is 29.1 Å². The van der Waals surface area contributed by atoms with Gasteiger partial charge >= 0.3 is 5.97 Å². The second kappa shape index (κ2) is 11.3. The zero-order chi connectivity index (χ0) is 21.1. The van der Waals surface area contributed by atoms with Crippen LogP contribution >= 0.6 is 0 Å². The number of nitrogens with one attached hydrogen (secondary N) is 3. The topological polar surface area (TPSA) is 194 Å². The Labute approximate surface area is 160 Å². The number of carboxylic acids is 1. The molecule has 1 aromatic rings. The van der Waals surface area contributed by atoms with Gasteiger partial charge in [0.15, 0.2) is 0 Å². The molecule has 0 bridgehead atoms. The van der Waals surface area contributed by atoms with Crippen LogP contribution in [0.3, 0.4) is 0 Å². The molecule has 0 heterocycles. The quantitative estimate of drug-likeness (QED) is 0.234. The van der Waals surface area contributed by atoms with E-state index in [2.05, 4.69) is 16.0 Å². The Kier molecular flexibility index (Phi) is 9.10. The molecule has 28 heavy (non-hydrogen) atoms. The van der Waals surface area contributed by atoms with E-state index in [1.54, 1.807) is 30.3 Å². The second-order valence-corrected chi connectivity index (χ2v) is 5.86. The number of aliphatic carboxylic acids is 1. The number of amides is 4. The highest BCUT2D eigenvalue weighted by Crippen LogP contribution is 2.04. The molecule has 1 aromatic carbocycles. The van der Waals surface area contributed by atoms with E-state index in [4.69, 9.17) is 11.5 Å². The summed E-state index contributed by atoms with van der Waals surface area (Å²) in [5.41, 5.74) is 10.9. The molecule has 8 N–H and O–H groups in total. The number of hydrogen-bond acceptors (Lipinski definition) is 6. The SMILES string of the molecule is NCC(=O)NCC(=O)N[C@@H](CC(N)=O)C(=O)N[C@@H](Cc1ccccc1)C(=O)O. The zero-order valence-electron chi connectivity index (χ0n) is 15.0. The van der Waals surface area contributed by atoms with Gasteiger partial charge in [-0.25, -0.2) is 4.79 Å². The molecule has 0 fully saturated rings. The molecule has 0 spiro atoms. The number of primary amides is 1. The smallest absolute Gasteiger partial charge is 0.326 e. The Bertz CT molecular complexity index is 724. The molecule has 0 aliphatic rings. The van der Waals surface area contributed by atoms with Crippen molar-refractivity contribution in [2.45, 2.75) is 24.9 Å². The van der Waals surface area contributed by atoms with Crippen molar-refractivity contribution in [3.8, 4) is 0 Å². The molecule has 4 amide bonds. The van der Waals surface area contributed by atoms with Crippen molar-refractivity contribution in [3.63, 3.8) is 0 Å². The molecule has 0 aromatic heterocycles. The van der Waals surface area contributed by atoms with E-state index in [0.717, 1.165) is 0 Å². The molecule has 0 saturated carbocycles. The molecule has 0 radical (unpaired) electrons. The summed E-state index contributed by atoms with van der Waals surface area (Å²) in [6.45, 7) is -0.788. The number of carbonyl (C=O) groups excluding carboxylic acids is 4. The number of carbonyl (C=O) groups is 5. The van der Waals surface area contributed by atoms with Gasteiger partial charge in [-0.2, -0.15) is 0 Å². The summed E-state index contributed by atoms with van der Waals surface area (Å²) in [7, 11) is 0. The van der Waals surface area contributed by atoms with E-state index in [1.807, 2.05) is 0 Å². The highest BCUT2D eigenvalue weighted by atomic mass is 16.4. The first-order valence-electron chi connectivity index (χ1n) is 8.34. The van der Waals surface area contributed by atoms with Gasteiger partial charge in [-0.15, -0.1) is 0 Å². The van der Waals surface area contributed by atoms with Crippen LogP contribution in [-0.2, 0) is 30.4 Å². The summed E-state index contributed by atoms with van der Waals surface area (Å²) in [5.74, 6) is -4.39. The third kappa shape index (κ3) is 8.27. The zero-order valence-corrected chi connectivity index (χ0v) is 15.0. The third-order valence-corrected chi connectivity index (χ3v) is 3.59. The van der Waals surface area contributed by atoms with E-state index in [-0.39, 0.29) is 13.0 Å². The summed E-state index contributed by atoms with van der Waals surface area (Å²) in [5, 5.41) is 16.1. The number of carboxylic acid groups (broad SMARTS) is 1. The average Bonchev–Trinajstić information content (AvgIpc) is 2.65.